The second kappa shape index (κ2) is 8.68. The minimum absolute atomic E-state index is 0.00283. The van der Waals surface area contributed by atoms with E-state index in [4.69, 9.17) is 11.6 Å². The topological polar surface area (TPSA) is 125 Å². The number of sulfonamides is 1. The van der Waals surface area contributed by atoms with Gasteiger partial charge in [-0.15, -0.1) is 0 Å². The summed E-state index contributed by atoms with van der Waals surface area (Å²) in [6, 6.07) is 3.73. The standard InChI is InChI=1S/C16H21ClN4O5S/c1-3-21(4-2)27(25,26)13-9-10(5-8-12(13)17)14(22)19-20-16(24)15(23)18-11-6-7-11/h5,8-9,11H,3-4,6-7H2,1-2H3,(H,18,23)(H,19,22)(H,20,24). The quantitative estimate of drug-likeness (QED) is 0.457. The van der Waals surface area contributed by atoms with Gasteiger partial charge in [-0.05, 0) is 31.0 Å². The number of carbonyl (C=O) groups excluding carboxylic acids is 3. The van der Waals surface area contributed by atoms with Gasteiger partial charge in [0, 0.05) is 24.7 Å². The van der Waals surface area contributed by atoms with E-state index in [0.717, 1.165) is 18.9 Å². The molecule has 148 valence electrons. The van der Waals surface area contributed by atoms with Crippen LogP contribution in [0.25, 0.3) is 0 Å². The Morgan fingerprint density at radius 3 is 2.30 bits per heavy atom. The first-order valence-corrected chi connectivity index (χ1v) is 10.2. The number of hydrogen-bond donors (Lipinski definition) is 3. The number of benzene rings is 1. The molecule has 1 aromatic rings. The van der Waals surface area contributed by atoms with Crippen molar-refractivity contribution in [2.75, 3.05) is 13.1 Å². The van der Waals surface area contributed by atoms with Crippen LogP contribution < -0.4 is 16.2 Å². The molecule has 1 aromatic carbocycles. The first-order valence-electron chi connectivity index (χ1n) is 8.41. The summed E-state index contributed by atoms with van der Waals surface area (Å²) < 4.78 is 26.5. The van der Waals surface area contributed by atoms with Gasteiger partial charge in [0.25, 0.3) is 5.91 Å². The molecule has 9 nitrogen and oxygen atoms in total. The van der Waals surface area contributed by atoms with Crippen molar-refractivity contribution >= 4 is 39.3 Å². The minimum atomic E-state index is -3.87. The number of amides is 3. The third kappa shape index (κ3) is 5.18. The minimum Gasteiger partial charge on any atom is -0.345 e. The Hall–Kier alpha value is -2.17. The van der Waals surface area contributed by atoms with Crippen molar-refractivity contribution in [1.82, 2.24) is 20.5 Å². The Labute approximate surface area is 162 Å². The lowest BCUT2D eigenvalue weighted by Crippen LogP contribution is -2.49. The Balaban J connectivity index is 2.10. The van der Waals surface area contributed by atoms with Crippen LogP contribution in [0.1, 0.15) is 37.0 Å². The Kier molecular flexibility index (Phi) is 6.79. The number of nitrogens with zero attached hydrogens (tertiary/aromatic N) is 1. The third-order valence-electron chi connectivity index (χ3n) is 3.92. The molecule has 3 amide bonds. The van der Waals surface area contributed by atoms with Crippen LogP contribution in [0.5, 0.6) is 0 Å². The predicted octanol–water partition coefficient (Wildman–Crippen LogP) is 0.410. The maximum absolute atomic E-state index is 12.6. The van der Waals surface area contributed by atoms with E-state index in [0.29, 0.717) is 0 Å². The molecule has 1 fully saturated rings. The van der Waals surface area contributed by atoms with Crippen molar-refractivity contribution < 1.29 is 22.8 Å². The van der Waals surface area contributed by atoms with E-state index in [1.807, 2.05) is 5.43 Å². The fourth-order valence-electron chi connectivity index (χ4n) is 2.27. The van der Waals surface area contributed by atoms with Crippen LogP contribution in [0.3, 0.4) is 0 Å². The first kappa shape index (κ1) is 21.1. The van der Waals surface area contributed by atoms with E-state index in [1.54, 1.807) is 13.8 Å². The molecule has 2 rings (SSSR count). The summed E-state index contributed by atoms with van der Waals surface area (Å²) in [5.74, 6) is -2.64. The van der Waals surface area contributed by atoms with E-state index in [-0.39, 0.29) is 34.6 Å². The van der Waals surface area contributed by atoms with Gasteiger partial charge >= 0.3 is 11.8 Å². The Morgan fingerprint density at radius 2 is 1.74 bits per heavy atom. The molecule has 0 atom stereocenters. The highest BCUT2D eigenvalue weighted by molar-refractivity contribution is 7.89. The Morgan fingerprint density at radius 1 is 1.11 bits per heavy atom. The molecule has 0 radical (unpaired) electrons. The van der Waals surface area contributed by atoms with E-state index in [9.17, 15) is 22.8 Å². The highest BCUT2D eigenvalue weighted by atomic mass is 35.5. The summed E-state index contributed by atoms with van der Waals surface area (Å²) in [6.07, 6.45) is 1.64. The molecule has 11 heteroatoms. The van der Waals surface area contributed by atoms with Crippen LogP contribution in [0.2, 0.25) is 5.02 Å². The zero-order valence-electron chi connectivity index (χ0n) is 14.9. The number of nitrogens with one attached hydrogen (secondary N) is 3. The van der Waals surface area contributed by atoms with Crippen molar-refractivity contribution in [3.63, 3.8) is 0 Å². The molecule has 0 spiro atoms. The molecule has 0 aliphatic heterocycles. The van der Waals surface area contributed by atoms with E-state index in [1.165, 1.54) is 16.4 Å². The SMILES string of the molecule is CCN(CC)S(=O)(=O)c1cc(C(=O)NNC(=O)C(=O)NC2CC2)ccc1Cl. The largest absolute Gasteiger partial charge is 0.345 e. The summed E-state index contributed by atoms with van der Waals surface area (Å²) >= 11 is 6.01. The summed E-state index contributed by atoms with van der Waals surface area (Å²) in [5.41, 5.74) is 4.03. The Bertz CT molecular complexity index is 850. The fraction of sp³-hybridized carbons (Fsp3) is 0.438. The molecule has 0 aromatic heterocycles. The van der Waals surface area contributed by atoms with E-state index < -0.39 is 27.7 Å². The number of hydrazine groups is 1. The lowest BCUT2D eigenvalue weighted by Gasteiger charge is -2.19. The maximum Gasteiger partial charge on any atom is 0.327 e. The number of rotatable bonds is 6. The highest BCUT2D eigenvalue weighted by Gasteiger charge is 2.27. The van der Waals surface area contributed by atoms with Gasteiger partial charge in [-0.2, -0.15) is 4.31 Å². The molecule has 0 bridgehead atoms. The lowest BCUT2D eigenvalue weighted by atomic mass is 10.2. The normalized spacial score (nSPS) is 13.9. The lowest BCUT2D eigenvalue weighted by molar-refractivity contribution is -0.139. The molecule has 27 heavy (non-hydrogen) atoms. The molecule has 0 saturated heterocycles. The van der Waals surface area contributed by atoms with Crippen molar-refractivity contribution in [2.24, 2.45) is 0 Å². The van der Waals surface area contributed by atoms with Crippen LogP contribution >= 0.6 is 11.6 Å². The average Bonchev–Trinajstić information content (AvgIpc) is 3.44. The maximum atomic E-state index is 12.6. The summed E-state index contributed by atoms with van der Waals surface area (Å²) in [6.45, 7) is 3.87. The van der Waals surface area contributed by atoms with Crippen LogP contribution in [0.15, 0.2) is 23.1 Å². The smallest absolute Gasteiger partial charge is 0.327 e. The third-order valence-corrected chi connectivity index (χ3v) is 6.46. The predicted molar refractivity (Wildman–Crippen MR) is 98.3 cm³/mol. The zero-order valence-corrected chi connectivity index (χ0v) is 16.5. The van der Waals surface area contributed by atoms with E-state index >= 15 is 0 Å². The van der Waals surface area contributed by atoms with E-state index in [2.05, 4.69) is 10.7 Å². The van der Waals surface area contributed by atoms with Gasteiger partial charge in [0.05, 0.1) is 5.02 Å². The van der Waals surface area contributed by atoms with Crippen LogP contribution in [0, 0.1) is 0 Å². The van der Waals surface area contributed by atoms with Crippen LogP contribution in [0.4, 0.5) is 0 Å². The molecule has 1 aliphatic carbocycles. The first-order chi connectivity index (χ1) is 12.7. The summed E-state index contributed by atoms with van der Waals surface area (Å²) in [7, 11) is -3.87. The molecule has 1 saturated carbocycles. The van der Waals surface area contributed by atoms with Gasteiger partial charge in [-0.25, -0.2) is 8.42 Å². The summed E-state index contributed by atoms with van der Waals surface area (Å²) in [4.78, 5) is 35.2. The average molecular weight is 417 g/mol. The van der Waals surface area contributed by atoms with Gasteiger partial charge < -0.3 is 5.32 Å². The molecule has 0 unspecified atom stereocenters. The van der Waals surface area contributed by atoms with Crippen molar-refractivity contribution in [2.45, 2.75) is 37.6 Å². The number of hydrogen-bond acceptors (Lipinski definition) is 5. The van der Waals surface area contributed by atoms with Crippen LogP contribution in [-0.2, 0) is 19.6 Å². The van der Waals surface area contributed by atoms with Crippen molar-refractivity contribution in [3.05, 3.63) is 28.8 Å². The number of halogens is 1. The molecular weight excluding hydrogens is 396 g/mol. The monoisotopic (exact) mass is 416 g/mol. The number of carbonyl (C=O) groups is 3. The summed E-state index contributed by atoms with van der Waals surface area (Å²) in [5, 5.41) is 2.45. The fourth-order valence-corrected chi connectivity index (χ4v) is 4.22. The van der Waals surface area contributed by atoms with Gasteiger partial charge in [0.1, 0.15) is 4.90 Å². The molecule has 3 N–H and O–H groups in total. The van der Waals surface area contributed by atoms with Gasteiger partial charge in [-0.3, -0.25) is 25.2 Å². The van der Waals surface area contributed by atoms with Crippen molar-refractivity contribution in [1.29, 1.82) is 0 Å². The zero-order chi connectivity index (χ0) is 20.2. The second-order valence-corrected chi connectivity index (χ2v) is 8.20. The second-order valence-electron chi connectivity index (χ2n) is 5.89. The van der Waals surface area contributed by atoms with Gasteiger partial charge in [-0.1, -0.05) is 25.4 Å². The van der Waals surface area contributed by atoms with Gasteiger partial charge in [0.2, 0.25) is 10.0 Å². The highest BCUT2D eigenvalue weighted by Crippen LogP contribution is 2.25. The molecule has 0 heterocycles. The van der Waals surface area contributed by atoms with Gasteiger partial charge in [0.15, 0.2) is 0 Å². The van der Waals surface area contributed by atoms with Crippen LogP contribution in [-0.4, -0.2) is 49.6 Å². The molecular formula is C16H21ClN4O5S. The van der Waals surface area contributed by atoms with Crippen molar-refractivity contribution in [3.8, 4) is 0 Å². The molecule has 1 aliphatic rings.